The van der Waals surface area contributed by atoms with Gasteiger partial charge in [0.05, 0.1) is 0 Å². The van der Waals surface area contributed by atoms with Crippen LogP contribution in [0.2, 0.25) is 0 Å². The molecule has 0 aliphatic rings. The minimum absolute atomic E-state index is 0. The van der Waals surface area contributed by atoms with Gasteiger partial charge in [-0.05, 0) is 51.4 Å². The maximum atomic E-state index is 3.11. The summed E-state index contributed by atoms with van der Waals surface area (Å²) in [6, 6.07) is 0. The minimum atomic E-state index is -1.84. The van der Waals surface area contributed by atoms with Gasteiger partial charge >= 0.3 is 7.87 Å². The third kappa shape index (κ3) is 14.8. The van der Waals surface area contributed by atoms with Crippen LogP contribution in [-0.4, -0.2) is 71.0 Å². The molecule has 0 aliphatic carbocycles. The fraction of sp³-hybridized carbons (Fsp3) is 1.00. The van der Waals surface area contributed by atoms with Crippen LogP contribution in [0.15, 0.2) is 0 Å². The molecule has 0 radical (unpaired) electrons. The normalized spacial score (nSPS) is 12.3. The molecule has 0 saturated heterocycles. The Morgan fingerprint density at radius 2 is 0.421 bits per heavy atom. The van der Waals surface area contributed by atoms with E-state index in [0.717, 1.165) is 0 Å². The van der Waals surface area contributed by atoms with E-state index < -0.39 is 7.87 Å². The Balaban J connectivity index is 0. The van der Waals surface area contributed by atoms with Crippen LogP contribution in [0, 0.1) is 0 Å². The fourth-order valence-electron chi connectivity index (χ4n) is 5.32. The predicted octanol–water partition coefficient (Wildman–Crippen LogP) is 7.28. The van der Waals surface area contributed by atoms with Crippen LogP contribution in [0.25, 0.3) is 0 Å². The smallest absolute Gasteiger partial charge is 0.308 e. The Morgan fingerprint density at radius 3 is 0.526 bits per heavy atom. The third-order valence-corrected chi connectivity index (χ3v) is 12.3. The highest BCUT2D eigenvalue weighted by molar-refractivity contribution is 7.66. The number of halogens is 1. The molecule has 0 unspecified atom stereocenters. The lowest BCUT2D eigenvalue weighted by Gasteiger charge is -2.52. The first-order chi connectivity index (χ1) is 18.1. The van der Waals surface area contributed by atoms with Crippen molar-refractivity contribution in [2.45, 2.75) is 158 Å². The molecule has 4 nitrogen and oxygen atoms in total. The van der Waals surface area contributed by atoms with E-state index in [1.165, 1.54) is 155 Å². The van der Waals surface area contributed by atoms with E-state index in [1.54, 1.807) is 0 Å². The molecule has 6 heteroatoms. The summed E-state index contributed by atoms with van der Waals surface area (Å²) in [6.45, 7) is 29.3. The van der Waals surface area contributed by atoms with Crippen LogP contribution in [0.1, 0.15) is 158 Å². The molecule has 0 fully saturated rings. The first-order valence-corrected chi connectivity index (χ1v) is 18.6. The maximum absolute atomic E-state index is 3.11. The van der Waals surface area contributed by atoms with Gasteiger partial charge in [0.25, 0.3) is 0 Å². The lowest BCUT2D eigenvalue weighted by atomic mass is 10.3. The average Bonchev–Trinajstić information content (AvgIpc) is 2.92. The molecule has 38 heavy (non-hydrogen) atoms. The minimum Gasteiger partial charge on any atom is -1.00 e. The molecular formula is C32H72IN4P. The fourth-order valence-corrected chi connectivity index (χ4v) is 10.7. The number of rotatable bonds is 28. The second-order valence-electron chi connectivity index (χ2n) is 11.2. The van der Waals surface area contributed by atoms with E-state index in [2.05, 4.69) is 74.1 Å². The zero-order valence-electron chi connectivity index (χ0n) is 27.6. The number of hydrogen-bond donors (Lipinski definition) is 0. The molecule has 0 saturated carbocycles. The second-order valence-corrected chi connectivity index (χ2v) is 14.5. The Morgan fingerprint density at radius 1 is 0.289 bits per heavy atom. The summed E-state index contributed by atoms with van der Waals surface area (Å²) in [5.41, 5.74) is 0. The molecule has 0 aliphatic heterocycles. The van der Waals surface area contributed by atoms with Gasteiger partial charge in [-0.3, -0.25) is 0 Å². The molecule has 0 spiro atoms. The van der Waals surface area contributed by atoms with Crippen LogP contribution in [0.4, 0.5) is 0 Å². The molecule has 0 atom stereocenters. The zero-order chi connectivity index (χ0) is 27.8. The molecule has 0 N–H and O–H groups in total. The Bertz CT molecular complexity index is 365. The lowest BCUT2D eigenvalue weighted by Crippen LogP contribution is -3.00. The van der Waals surface area contributed by atoms with E-state index >= 15 is 0 Å². The largest absolute Gasteiger partial charge is 1.00 e. The van der Waals surface area contributed by atoms with Gasteiger partial charge in [-0.1, -0.05) is 107 Å². The topological polar surface area (TPSA) is 13.0 Å². The summed E-state index contributed by atoms with van der Waals surface area (Å²) in [6.07, 6.45) is 20.9. The molecule has 0 aromatic heterocycles. The third-order valence-electron chi connectivity index (χ3n) is 7.68. The standard InChI is InChI=1S/C32H72N4P.HI/c1-9-17-25-33(26-18-10-2)37(34(27-19-11-3)28-20-12-4,35(29-21-13-5)30-22-14-6)36(31-23-15-7)32-24-16-8;/h9-32H2,1-8H3;1H/q+1;/p-1. The number of hydrogen-bond acceptors (Lipinski definition) is 4. The molecule has 0 rings (SSSR count). The van der Waals surface area contributed by atoms with Gasteiger partial charge in [-0.15, -0.1) is 18.7 Å². The van der Waals surface area contributed by atoms with Gasteiger partial charge in [-0.25, -0.2) is 0 Å². The van der Waals surface area contributed by atoms with Gasteiger partial charge in [0.1, 0.15) is 0 Å². The lowest BCUT2D eigenvalue weighted by molar-refractivity contribution is -0.00000898. The van der Waals surface area contributed by atoms with Crippen molar-refractivity contribution in [2.75, 3.05) is 52.4 Å². The van der Waals surface area contributed by atoms with Crippen molar-refractivity contribution < 1.29 is 24.0 Å². The van der Waals surface area contributed by atoms with Crippen molar-refractivity contribution in [3.63, 3.8) is 0 Å². The van der Waals surface area contributed by atoms with E-state index in [0.29, 0.717) is 0 Å². The second kappa shape index (κ2) is 28.1. The molecule has 232 valence electrons. The van der Waals surface area contributed by atoms with Crippen molar-refractivity contribution in [3.05, 3.63) is 0 Å². The first-order valence-electron chi connectivity index (χ1n) is 17.0. The van der Waals surface area contributed by atoms with E-state index in [-0.39, 0.29) is 24.0 Å². The quantitative estimate of drug-likeness (QED) is 0.0641. The van der Waals surface area contributed by atoms with E-state index in [9.17, 15) is 0 Å². The molecule has 0 heterocycles. The van der Waals surface area contributed by atoms with Crippen LogP contribution >= 0.6 is 7.87 Å². The van der Waals surface area contributed by atoms with Crippen LogP contribution in [0.3, 0.4) is 0 Å². The van der Waals surface area contributed by atoms with E-state index in [1.807, 2.05) is 0 Å². The van der Waals surface area contributed by atoms with Gasteiger partial charge in [-0.2, -0.15) is 0 Å². The van der Waals surface area contributed by atoms with Gasteiger partial charge in [0.2, 0.25) is 0 Å². The van der Waals surface area contributed by atoms with Crippen molar-refractivity contribution in [1.29, 1.82) is 0 Å². The van der Waals surface area contributed by atoms with Crippen molar-refractivity contribution in [1.82, 2.24) is 18.7 Å². The Labute approximate surface area is 260 Å². The summed E-state index contributed by atoms with van der Waals surface area (Å²) < 4.78 is 12.5. The maximum Gasteiger partial charge on any atom is 0.308 e. The average molecular weight is 671 g/mol. The number of unbranched alkanes of at least 4 members (excludes halogenated alkanes) is 8. The SMILES string of the molecule is CCCCN(CCCC)[P+](N(CCCC)CCCC)(N(CCCC)CCCC)N(CCCC)CCCC.[I-]. The van der Waals surface area contributed by atoms with Crippen molar-refractivity contribution in [3.8, 4) is 0 Å². The molecule has 0 aromatic carbocycles. The van der Waals surface area contributed by atoms with E-state index in [4.69, 9.17) is 0 Å². The molecular weight excluding hydrogens is 598 g/mol. The Hall–Kier alpha value is 1.00. The van der Waals surface area contributed by atoms with Crippen LogP contribution in [0.5, 0.6) is 0 Å². The van der Waals surface area contributed by atoms with Crippen LogP contribution in [-0.2, 0) is 0 Å². The van der Waals surface area contributed by atoms with Gasteiger partial charge < -0.3 is 24.0 Å². The summed E-state index contributed by atoms with van der Waals surface area (Å²) in [5, 5.41) is 0. The summed E-state index contributed by atoms with van der Waals surface area (Å²) in [4.78, 5) is 0. The summed E-state index contributed by atoms with van der Waals surface area (Å²) in [5.74, 6) is 0. The monoisotopic (exact) mass is 670 g/mol. The van der Waals surface area contributed by atoms with Gasteiger partial charge in [0, 0.05) is 52.4 Å². The predicted molar refractivity (Wildman–Crippen MR) is 172 cm³/mol. The first kappa shape index (κ1) is 41.1. The highest BCUT2D eigenvalue weighted by Gasteiger charge is 2.60. The zero-order valence-corrected chi connectivity index (χ0v) is 30.6. The summed E-state index contributed by atoms with van der Waals surface area (Å²) in [7, 11) is -1.84. The summed E-state index contributed by atoms with van der Waals surface area (Å²) >= 11 is 0. The van der Waals surface area contributed by atoms with Crippen molar-refractivity contribution in [2.24, 2.45) is 0 Å². The number of nitrogens with zero attached hydrogens (tertiary/aromatic N) is 4. The van der Waals surface area contributed by atoms with Crippen LogP contribution < -0.4 is 24.0 Å². The highest BCUT2D eigenvalue weighted by atomic mass is 127. The van der Waals surface area contributed by atoms with Gasteiger partial charge in [0.15, 0.2) is 0 Å². The highest BCUT2D eigenvalue weighted by Crippen LogP contribution is 2.70. The Kier molecular flexibility index (Phi) is 30.5. The molecule has 0 amide bonds. The molecule has 0 bridgehead atoms. The molecule has 0 aromatic rings. The van der Waals surface area contributed by atoms with Crippen molar-refractivity contribution >= 4 is 7.87 Å².